The summed E-state index contributed by atoms with van der Waals surface area (Å²) in [4.78, 5) is 12.5. The maximum atomic E-state index is 12.5. The van der Waals surface area contributed by atoms with E-state index in [1.165, 1.54) is 9.87 Å². The average Bonchev–Trinajstić information content (AvgIpc) is 2.61. The van der Waals surface area contributed by atoms with Crippen molar-refractivity contribution < 1.29 is 13.2 Å². The molecule has 0 bridgehead atoms. The van der Waals surface area contributed by atoms with Crippen LogP contribution in [0.4, 0.5) is 0 Å². The standard InChI is InChI=1S/C22H30N2O3S/c1-18(15-22(2,3)20-13-9-6-10-14-20)23-21(25)17-24(28(4,26)27)16-19-11-7-5-8-12-19/h5-14,18H,15-17H2,1-4H3,(H,23,25)/t18-/m0/s1. The third-order valence-electron chi connectivity index (χ3n) is 4.77. The fraction of sp³-hybridized carbons (Fsp3) is 0.409. The highest BCUT2D eigenvalue weighted by Crippen LogP contribution is 2.28. The largest absolute Gasteiger partial charge is 0.352 e. The van der Waals surface area contributed by atoms with Crippen molar-refractivity contribution in [2.24, 2.45) is 0 Å². The van der Waals surface area contributed by atoms with Crippen molar-refractivity contribution in [2.45, 2.75) is 45.2 Å². The molecule has 0 saturated carbocycles. The van der Waals surface area contributed by atoms with Gasteiger partial charge in [0.05, 0.1) is 12.8 Å². The smallest absolute Gasteiger partial charge is 0.235 e. The van der Waals surface area contributed by atoms with Gasteiger partial charge in [-0.25, -0.2) is 8.42 Å². The van der Waals surface area contributed by atoms with Crippen LogP contribution in [0.1, 0.15) is 38.3 Å². The van der Waals surface area contributed by atoms with Gasteiger partial charge in [-0.3, -0.25) is 4.79 Å². The minimum absolute atomic E-state index is 0.0826. The molecule has 0 spiro atoms. The number of nitrogens with one attached hydrogen (secondary N) is 1. The fourth-order valence-electron chi connectivity index (χ4n) is 3.38. The molecule has 0 saturated heterocycles. The first kappa shape index (κ1) is 22.1. The Morgan fingerprint density at radius 2 is 1.57 bits per heavy atom. The molecule has 0 aliphatic carbocycles. The zero-order valence-corrected chi connectivity index (χ0v) is 17.9. The molecular formula is C22H30N2O3S. The van der Waals surface area contributed by atoms with Gasteiger partial charge in [-0.15, -0.1) is 0 Å². The Bertz CT molecular complexity index is 865. The molecule has 1 amide bonds. The van der Waals surface area contributed by atoms with Crippen molar-refractivity contribution in [2.75, 3.05) is 12.8 Å². The van der Waals surface area contributed by atoms with Crippen LogP contribution >= 0.6 is 0 Å². The van der Waals surface area contributed by atoms with Crippen LogP contribution in [-0.2, 0) is 26.8 Å². The lowest BCUT2D eigenvalue weighted by molar-refractivity contribution is -0.122. The number of sulfonamides is 1. The lowest BCUT2D eigenvalue weighted by Gasteiger charge is -2.29. The number of carbonyl (C=O) groups excluding carboxylic acids is 1. The summed E-state index contributed by atoms with van der Waals surface area (Å²) in [6.07, 6.45) is 1.88. The Hall–Kier alpha value is -2.18. The Labute approximate surface area is 168 Å². The molecule has 28 heavy (non-hydrogen) atoms. The van der Waals surface area contributed by atoms with E-state index in [0.717, 1.165) is 18.2 Å². The third kappa shape index (κ3) is 6.77. The highest BCUT2D eigenvalue weighted by Gasteiger charge is 2.25. The third-order valence-corrected chi connectivity index (χ3v) is 5.97. The Kier molecular flexibility index (Phi) is 7.38. The maximum Gasteiger partial charge on any atom is 0.235 e. The summed E-state index contributed by atoms with van der Waals surface area (Å²) in [7, 11) is -3.50. The van der Waals surface area contributed by atoms with Crippen molar-refractivity contribution in [1.29, 1.82) is 0 Å². The summed E-state index contributed by atoms with van der Waals surface area (Å²) in [5.41, 5.74) is 1.95. The molecule has 152 valence electrons. The predicted molar refractivity (Wildman–Crippen MR) is 113 cm³/mol. The summed E-state index contributed by atoms with van der Waals surface area (Å²) < 4.78 is 25.4. The quantitative estimate of drug-likeness (QED) is 0.700. The zero-order chi connectivity index (χ0) is 20.8. The van der Waals surface area contributed by atoms with Crippen LogP contribution < -0.4 is 5.32 Å². The number of hydrogen-bond donors (Lipinski definition) is 1. The molecule has 0 aliphatic heterocycles. The van der Waals surface area contributed by atoms with Gasteiger partial charge in [-0.2, -0.15) is 4.31 Å². The van der Waals surface area contributed by atoms with Gasteiger partial charge in [0.1, 0.15) is 0 Å². The molecule has 5 nitrogen and oxygen atoms in total. The molecule has 6 heteroatoms. The van der Waals surface area contributed by atoms with Crippen LogP contribution in [0.5, 0.6) is 0 Å². The van der Waals surface area contributed by atoms with Crippen molar-refractivity contribution in [3.05, 3.63) is 71.8 Å². The molecule has 2 rings (SSSR count). The summed E-state index contributed by atoms with van der Waals surface area (Å²) in [5.74, 6) is -0.294. The van der Waals surface area contributed by atoms with Gasteiger partial charge >= 0.3 is 0 Å². The second-order valence-corrected chi connectivity index (χ2v) is 9.92. The first-order valence-electron chi connectivity index (χ1n) is 9.42. The first-order chi connectivity index (χ1) is 13.1. The SMILES string of the molecule is C[C@@H](CC(C)(C)c1ccccc1)NC(=O)CN(Cc1ccccc1)S(C)(=O)=O. The van der Waals surface area contributed by atoms with E-state index in [9.17, 15) is 13.2 Å². The Morgan fingerprint density at radius 3 is 2.11 bits per heavy atom. The number of hydrogen-bond acceptors (Lipinski definition) is 3. The van der Waals surface area contributed by atoms with Crippen molar-refractivity contribution in [1.82, 2.24) is 9.62 Å². The van der Waals surface area contributed by atoms with E-state index in [1.54, 1.807) is 0 Å². The second-order valence-electron chi connectivity index (χ2n) is 7.94. The molecule has 0 aromatic heterocycles. The lowest BCUT2D eigenvalue weighted by atomic mass is 9.79. The van der Waals surface area contributed by atoms with Crippen LogP contribution in [0, 0.1) is 0 Å². The molecule has 0 aliphatic rings. The van der Waals surface area contributed by atoms with Gasteiger partial charge in [0.25, 0.3) is 0 Å². The van der Waals surface area contributed by atoms with E-state index in [0.29, 0.717) is 0 Å². The van der Waals surface area contributed by atoms with E-state index in [-0.39, 0.29) is 30.5 Å². The average molecular weight is 403 g/mol. The van der Waals surface area contributed by atoms with Crippen LogP contribution in [0.15, 0.2) is 60.7 Å². The molecule has 2 aromatic carbocycles. The topological polar surface area (TPSA) is 66.5 Å². The van der Waals surface area contributed by atoms with E-state index >= 15 is 0 Å². The lowest BCUT2D eigenvalue weighted by Crippen LogP contribution is -2.44. The Balaban J connectivity index is 1.98. The van der Waals surface area contributed by atoms with Gasteiger partial charge in [-0.05, 0) is 29.9 Å². The molecular weight excluding hydrogens is 372 g/mol. The van der Waals surface area contributed by atoms with Gasteiger partial charge in [-0.1, -0.05) is 74.5 Å². The van der Waals surface area contributed by atoms with Crippen LogP contribution in [0.2, 0.25) is 0 Å². The van der Waals surface area contributed by atoms with Crippen LogP contribution in [0.25, 0.3) is 0 Å². The number of carbonyl (C=O) groups is 1. The highest BCUT2D eigenvalue weighted by atomic mass is 32.2. The van der Waals surface area contributed by atoms with E-state index < -0.39 is 10.0 Å². The fourth-order valence-corrected chi connectivity index (χ4v) is 4.12. The van der Waals surface area contributed by atoms with Gasteiger partial charge < -0.3 is 5.32 Å². The summed E-state index contributed by atoms with van der Waals surface area (Å²) >= 11 is 0. The summed E-state index contributed by atoms with van der Waals surface area (Å²) in [6, 6.07) is 19.4. The van der Waals surface area contributed by atoms with Gasteiger partial charge in [0.15, 0.2) is 0 Å². The number of amides is 1. The van der Waals surface area contributed by atoms with Crippen LogP contribution in [0.3, 0.4) is 0 Å². The second kappa shape index (κ2) is 9.34. The maximum absolute atomic E-state index is 12.5. The Morgan fingerprint density at radius 1 is 1.04 bits per heavy atom. The van der Waals surface area contributed by atoms with E-state index in [2.05, 4.69) is 31.3 Å². The van der Waals surface area contributed by atoms with Crippen molar-refractivity contribution >= 4 is 15.9 Å². The zero-order valence-electron chi connectivity index (χ0n) is 17.1. The highest BCUT2D eigenvalue weighted by molar-refractivity contribution is 7.88. The normalized spacial score (nSPS) is 13.3. The molecule has 0 unspecified atom stereocenters. The number of benzene rings is 2. The minimum Gasteiger partial charge on any atom is -0.352 e. The number of nitrogens with zero attached hydrogens (tertiary/aromatic N) is 1. The summed E-state index contributed by atoms with van der Waals surface area (Å²) in [6.45, 7) is 6.22. The molecule has 1 atom stereocenters. The molecule has 2 aromatic rings. The monoisotopic (exact) mass is 402 g/mol. The van der Waals surface area contributed by atoms with Crippen molar-refractivity contribution in [3.63, 3.8) is 0 Å². The first-order valence-corrected chi connectivity index (χ1v) is 11.3. The molecule has 1 N–H and O–H groups in total. The number of rotatable bonds is 9. The minimum atomic E-state index is -3.50. The molecule has 0 radical (unpaired) electrons. The van der Waals surface area contributed by atoms with Crippen molar-refractivity contribution in [3.8, 4) is 0 Å². The van der Waals surface area contributed by atoms with E-state index in [4.69, 9.17) is 0 Å². The summed E-state index contributed by atoms with van der Waals surface area (Å²) in [5, 5.41) is 2.95. The predicted octanol–water partition coefficient (Wildman–Crippen LogP) is 3.32. The van der Waals surface area contributed by atoms with Crippen LogP contribution in [-0.4, -0.2) is 37.5 Å². The molecule has 0 fully saturated rings. The van der Waals surface area contributed by atoms with E-state index in [1.807, 2.05) is 55.5 Å². The van der Waals surface area contributed by atoms with Gasteiger partial charge in [0.2, 0.25) is 15.9 Å². The van der Waals surface area contributed by atoms with Gasteiger partial charge in [0, 0.05) is 12.6 Å². The molecule has 0 heterocycles.